The van der Waals surface area contributed by atoms with Crippen LogP contribution in [0.3, 0.4) is 0 Å². The van der Waals surface area contributed by atoms with Crippen molar-refractivity contribution in [1.29, 1.82) is 0 Å². The number of rotatable bonds is 3. The number of nitrogens with one attached hydrogen (secondary N) is 1. The van der Waals surface area contributed by atoms with Crippen molar-refractivity contribution >= 4 is 21.8 Å². The highest BCUT2D eigenvalue weighted by Crippen LogP contribution is 2.15. The van der Waals surface area contributed by atoms with Gasteiger partial charge in [-0.1, -0.05) is 27.2 Å². The molecule has 0 atom stereocenters. The Balaban J connectivity index is 2.07. The first-order chi connectivity index (χ1) is 8.16. The molecule has 0 radical (unpaired) electrons. The number of halogens is 1. The van der Waals surface area contributed by atoms with Gasteiger partial charge in [0.05, 0.1) is 6.54 Å². The van der Waals surface area contributed by atoms with Gasteiger partial charge in [0.1, 0.15) is 12.0 Å². The second kappa shape index (κ2) is 5.14. The number of amides is 1. The third-order valence-corrected chi connectivity index (χ3v) is 2.86. The molecule has 0 fully saturated rings. The lowest BCUT2D eigenvalue weighted by molar-refractivity contribution is 0.0949. The van der Waals surface area contributed by atoms with E-state index in [0.717, 1.165) is 10.0 Å². The van der Waals surface area contributed by atoms with Gasteiger partial charge >= 0.3 is 0 Å². The number of aryl methyl sites for hydroxylation is 1. The molecule has 0 saturated carbocycles. The van der Waals surface area contributed by atoms with E-state index in [1.807, 2.05) is 19.1 Å². The van der Waals surface area contributed by atoms with Gasteiger partial charge in [0, 0.05) is 16.1 Å². The van der Waals surface area contributed by atoms with Gasteiger partial charge in [-0.15, -0.1) is 0 Å². The molecule has 0 unspecified atom stereocenters. The Bertz CT molecular complexity index is 523. The van der Waals surface area contributed by atoms with Crippen molar-refractivity contribution in [2.45, 2.75) is 13.5 Å². The van der Waals surface area contributed by atoms with Crippen molar-refractivity contribution in [1.82, 2.24) is 10.5 Å². The largest absolute Gasteiger partial charge is 0.364 e. The Morgan fingerprint density at radius 3 is 3.00 bits per heavy atom. The van der Waals surface area contributed by atoms with Crippen molar-refractivity contribution < 1.29 is 9.32 Å². The predicted molar refractivity (Wildman–Crippen MR) is 66.6 cm³/mol. The summed E-state index contributed by atoms with van der Waals surface area (Å²) in [5, 5.41) is 6.51. The van der Waals surface area contributed by atoms with Crippen molar-refractivity contribution in [3.8, 4) is 0 Å². The second-order valence-corrected chi connectivity index (χ2v) is 4.55. The van der Waals surface area contributed by atoms with Crippen LogP contribution in [-0.2, 0) is 6.54 Å². The van der Waals surface area contributed by atoms with Gasteiger partial charge in [-0.05, 0) is 24.6 Å². The summed E-state index contributed by atoms with van der Waals surface area (Å²) in [7, 11) is 0. The summed E-state index contributed by atoms with van der Waals surface area (Å²) in [4.78, 5) is 11.9. The minimum absolute atomic E-state index is 0.119. The molecule has 0 spiro atoms. The SMILES string of the molecule is Cc1ccc(Br)cc1C(=O)NCc1ccon1. The highest BCUT2D eigenvalue weighted by atomic mass is 79.9. The van der Waals surface area contributed by atoms with Gasteiger partial charge in [-0.3, -0.25) is 4.79 Å². The molecule has 0 bridgehead atoms. The number of carbonyl (C=O) groups excluding carboxylic acids is 1. The zero-order valence-electron chi connectivity index (χ0n) is 9.24. The van der Waals surface area contributed by atoms with Crippen LogP contribution in [0, 0.1) is 6.92 Å². The van der Waals surface area contributed by atoms with Crippen LogP contribution in [0.25, 0.3) is 0 Å². The highest BCUT2D eigenvalue weighted by Gasteiger charge is 2.09. The molecular weight excluding hydrogens is 284 g/mol. The molecule has 0 saturated heterocycles. The van der Waals surface area contributed by atoms with Crippen molar-refractivity contribution in [2.24, 2.45) is 0 Å². The Morgan fingerprint density at radius 2 is 2.29 bits per heavy atom. The molecule has 5 heteroatoms. The van der Waals surface area contributed by atoms with E-state index in [1.165, 1.54) is 6.26 Å². The van der Waals surface area contributed by atoms with Gasteiger partial charge in [0.25, 0.3) is 5.91 Å². The maximum Gasteiger partial charge on any atom is 0.251 e. The molecule has 17 heavy (non-hydrogen) atoms. The Hall–Kier alpha value is -1.62. The quantitative estimate of drug-likeness (QED) is 0.947. The van der Waals surface area contributed by atoms with Gasteiger partial charge in [-0.2, -0.15) is 0 Å². The number of hydrogen-bond acceptors (Lipinski definition) is 3. The van der Waals surface area contributed by atoms with Crippen LogP contribution in [-0.4, -0.2) is 11.1 Å². The minimum atomic E-state index is -0.119. The van der Waals surface area contributed by atoms with Crippen LogP contribution >= 0.6 is 15.9 Å². The summed E-state index contributed by atoms with van der Waals surface area (Å²) in [5.41, 5.74) is 2.29. The zero-order chi connectivity index (χ0) is 12.3. The predicted octanol–water partition coefficient (Wildman–Crippen LogP) is 2.68. The van der Waals surface area contributed by atoms with Gasteiger partial charge < -0.3 is 9.84 Å². The minimum Gasteiger partial charge on any atom is -0.364 e. The Labute approximate surface area is 107 Å². The Morgan fingerprint density at radius 1 is 1.47 bits per heavy atom. The van der Waals surface area contributed by atoms with E-state index in [-0.39, 0.29) is 5.91 Å². The summed E-state index contributed by atoms with van der Waals surface area (Å²) in [5.74, 6) is -0.119. The van der Waals surface area contributed by atoms with E-state index >= 15 is 0 Å². The zero-order valence-corrected chi connectivity index (χ0v) is 10.8. The standard InChI is InChI=1S/C12H11BrN2O2/c1-8-2-3-9(13)6-11(8)12(16)14-7-10-4-5-17-15-10/h2-6H,7H2,1H3,(H,14,16). The van der Waals surface area contributed by atoms with Crippen molar-refractivity contribution in [2.75, 3.05) is 0 Å². The number of hydrogen-bond donors (Lipinski definition) is 1. The van der Waals surface area contributed by atoms with Crippen LogP contribution in [0.5, 0.6) is 0 Å². The van der Waals surface area contributed by atoms with Gasteiger partial charge in [0.2, 0.25) is 0 Å². The maximum absolute atomic E-state index is 11.9. The van der Waals surface area contributed by atoms with Crippen molar-refractivity contribution in [3.05, 3.63) is 51.8 Å². The van der Waals surface area contributed by atoms with Crippen LogP contribution in [0.2, 0.25) is 0 Å². The third-order valence-electron chi connectivity index (χ3n) is 2.37. The topological polar surface area (TPSA) is 55.1 Å². The number of carbonyl (C=O) groups is 1. The number of nitrogens with zero attached hydrogens (tertiary/aromatic N) is 1. The summed E-state index contributed by atoms with van der Waals surface area (Å²) < 4.78 is 5.57. The van der Waals surface area contributed by atoms with E-state index in [9.17, 15) is 4.79 Å². The first kappa shape index (κ1) is 11.9. The number of aromatic nitrogens is 1. The summed E-state index contributed by atoms with van der Waals surface area (Å²) >= 11 is 3.35. The fourth-order valence-electron chi connectivity index (χ4n) is 1.43. The van der Waals surface area contributed by atoms with Crippen LogP contribution in [0.4, 0.5) is 0 Å². The van der Waals surface area contributed by atoms with Crippen LogP contribution in [0.15, 0.2) is 39.5 Å². The molecule has 1 aromatic heterocycles. The summed E-state index contributed by atoms with van der Waals surface area (Å²) in [6.45, 7) is 2.26. The second-order valence-electron chi connectivity index (χ2n) is 3.63. The lowest BCUT2D eigenvalue weighted by Crippen LogP contribution is -2.23. The van der Waals surface area contributed by atoms with Crippen molar-refractivity contribution in [3.63, 3.8) is 0 Å². The third kappa shape index (κ3) is 2.94. The molecule has 1 heterocycles. The fourth-order valence-corrected chi connectivity index (χ4v) is 1.79. The highest BCUT2D eigenvalue weighted by molar-refractivity contribution is 9.10. The molecule has 0 aliphatic heterocycles. The number of benzene rings is 1. The summed E-state index contributed by atoms with van der Waals surface area (Å²) in [6, 6.07) is 7.32. The Kier molecular flexibility index (Phi) is 3.58. The molecule has 88 valence electrons. The van der Waals surface area contributed by atoms with E-state index in [0.29, 0.717) is 17.8 Å². The molecule has 0 aliphatic carbocycles. The molecule has 4 nitrogen and oxygen atoms in total. The first-order valence-electron chi connectivity index (χ1n) is 5.10. The molecule has 1 amide bonds. The lowest BCUT2D eigenvalue weighted by atomic mass is 10.1. The monoisotopic (exact) mass is 294 g/mol. The van der Waals surface area contributed by atoms with E-state index in [1.54, 1.807) is 12.1 Å². The average molecular weight is 295 g/mol. The molecule has 1 aromatic carbocycles. The normalized spacial score (nSPS) is 10.2. The lowest BCUT2D eigenvalue weighted by Gasteiger charge is -2.06. The molecule has 1 N–H and O–H groups in total. The molecule has 2 rings (SSSR count). The van der Waals surface area contributed by atoms with E-state index in [2.05, 4.69) is 30.9 Å². The van der Waals surface area contributed by atoms with Gasteiger partial charge in [0.15, 0.2) is 0 Å². The molecule has 2 aromatic rings. The van der Waals surface area contributed by atoms with E-state index < -0.39 is 0 Å². The van der Waals surface area contributed by atoms with E-state index in [4.69, 9.17) is 0 Å². The first-order valence-corrected chi connectivity index (χ1v) is 5.90. The van der Waals surface area contributed by atoms with Crippen LogP contribution in [0.1, 0.15) is 21.6 Å². The van der Waals surface area contributed by atoms with Crippen LogP contribution < -0.4 is 5.32 Å². The summed E-state index contributed by atoms with van der Waals surface area (Å²) in [6.07, 6.45) is 1.48. The fraction of sp³-hybridized carbons (Fsp3) is 0.167. The molecule has 0 aliphatic rings. The maximum atomic E-state index is 11.9. The molecular formula is C12H11BrN2O2. The smallest absolute Gasteiger partial charge is 0.251 e. The average Bonchev–Trinajstić information content (AvgIpc) is 2.82. The van der Waals surface area contributed by atoms with Gasteiger partial charge in [-0.25, -0.2) is 0 Å².